The van der Waals surface area contributed by atoms with E-state index in [4.69, 9.17) is 9.47 Å². The molecule has 11 heteroatoms. The van der Waals surface area contributed by atoms with Crippen molar-refractivity contribution in [2.45, 2.75) is 31.1 Å². The average molecular weight is 624 g/mol. The number of sulfonamides is 1. The summed E-state index contributed by atoms with van der Waals surface area (Å²) in [5.41, 5.74) is 2.22. The SMILES string of the molecule is CC(C)(C)c1ccc(S(=O)(=O)N2CC3C(CN(C(=O)Oc4cccs4)c4ccc(C(=O)N5CCOCC5)cc4)C3C2)cc1. The van der Waals surface area contributed by atoms with Gasteiger partial charge in [-0.1, -0.05) is 32.9 Å². The fourth-order valence-electron chi connectivity index (χ4n) is 6.05. The van der Waals surface area contributed by atoms with Crippen molar-refractivity contribution in [2.24, 2.45) is 17.8 Å². The van der Waals surface area contributed by atoms with Crippen molar-refractivity contribution in [3.63, 3.8) is 0 Å². The van der Waals surface area contributed by atoms with Crippen molar-refractivity contribution < 1.29 is 27.5 Å². The quantitative estimate of drug-likeness (QED) is 0.364. The molecule has 1 aromatic heterocycles. The van der Waals surface area contributed by atoms with Crippen molar-refractivity contribution in [1.29, 1.82) is 0 Å². The van der Waals surface area contributed by atoms with E-state index in [1.54, 1.807) is 56.6 Å². The Hall–Kier alpha value is -3.25. The molecule has 3 aliphatic rings. The van der Waals surface area contributed by atoms with Crippen LogP contribution in [0.4, 0.5) is 10.5 Å². The van der Waals surface area contributed by atoms with E-state index in [0.29, 0.717) is 67.1 Å². The van der Waals surface area contributed by atoms with E-state index >= 15 is 0 Å². The number of benzene rings is 2. The number of nitrogens with zero attached hydrogens (tertiary/aromatic N) is 3. The first kappa shape index (κ1) is 29.8. The van der Waals surface area contributed by atoms with Gasteiger partial charge >= 0.3 is 6.09 Å². The minimum atomic E-state index is -3.59. The van der Waals surface area contributed by atoms with Gasteiger partial charge in [0.05, 0.1) is 18.1 Å². The van der Waals surface area contributed by atoms with Crippen LogP contribution in [0.25, 0.3) is 0 Å². The van der Waals surface area contributed by atoms with Gasteiger partial charge in [-0.2, -0.15) is 4.31 Å². The van der Waals surface area contributed by atoms with Crippen LogP contribution in [0.3, 0.4) is 0 Å². The Bertz CT molecular complexity index is 1550. The third kappa shape index (κ3) is 6.22. The zero-order valence-corrected chi connectivity index (χ0v) is 26.3. The zero-order chi connectivity index (χ0) is 30.4. The standard InChI is InChI=1S/C32H37N3O6S2/c1-32(2,3)23-8-12-25(13-9-23)43(38,39)34-19-26-27(20-34)28(26)21-35(31(37)41-29-5-4-18-42-29)24-10-6-22(7-11-24)30(36)33-14-16-40-17-15-33/h4-13,18,26-28H,14-17,19-21H2,1-3H3. The van der Waals surface area contributed by atoms with Gasteiger partial charge in [-0.3, -0.25) is 9.69 Å². The van der Waals surface area contributed by atoms with Gasteiger partial charge in [0.15, 0.2) is 5.06 Å². The van der Waals surface area contributed by atoms with Gasteiger partial charge in [0.2, 0.25) is 10.0 Å². The predicted octanol–water partition coefficient (Wildman–Crippen LogP) is 5.09. The van der Waals surface area contributed by atoms with E-state index in [9.17, 15) is 18.0 Å². The van der Waals surface area contributed by atoms with Crippen LogP contribution >= 0.6 is 11.3 Å². The molecular weight excluding hydrogens is 587 g/mol. The Balaban J connectivity index is 1.14. The highest BCUT2D eigenvalue weighted by Gasteiger charge is 2.58. The topological polar surface area (TPSA) is 96.5 Å². The summed E-state index contributed by atoms with van der Waals surface area (Å²) in [4.78, 5) is 30.0. The number of carbonyl (C=O) groups excluding carboxylic acids is 2. The first-order chi connectivity index (χ1) is 20.5. The first-order valence-electron chi connectivity index (χ1n) is 14.6. The molecule has 2 saturated heterocycles. The summed E-state index contributed by atoms with van der Waals surface area (Å²) in [6.45, 7) is 9.73. The lowest BCUT2D eigenvalue weighted by Gasteiger charge is -2.27. The molecule has 2 aliphatic heterocycles. The molecule has 2 unspecified atom stereocenters. The molecular formula is C32H37N3O6S2. The molecule has 43 heavy (non-hydrogen) atoms. The fraction of sp³-hybridized carbons (Fsp3) is 0.438. The molecule has 3 aromatic rings. The molecule has 9 nitrogen and oxygen atoms in total. The summed E-state index contributed by atoms with van der Waals surface area (Å²) < 4.78 is 39.4. The maximum Gasteiger partial charge on any atom is 0.420 e. The van der Waals surface area contributed by atoms with Crippen molar-refractivity contribution in [2.75, 3.05) is 50.8 Å². The minimum absolute atomic E-state index is 0.0557. The summed E-state index contributed by atoms with van der Waals surface area (Å²) in [7, 11) is -3.59. The fourth-order valence-corrected chi connectivity index (χ4v) is 8.13. The lowest BCUT2D eigenvalue weighted by molar-refractivity contribution is 0.0303. The van der Waals surface area contributed by atoms with E-state index in [1.807, 2.05) is 23.6 Å². The molecule has 0 bridgehead atoms. The third-order valence-electron chi connectivity index (χ3n) is 8.72. The number of morpholine rings is 1. The summed E-state index contributed by atoms with van der Waals surface area (Å²) in [5.74, 6) is 0.430. The van der Waals surface area contributed by atoms with Crippen LogP contribution in [0.1, 0.15) is 36.7 Å². The van der Waals surface area contributed by atoms with Crippen molar-refractivity contribution in [1.82, 2.24) is 9.21 Å². The molecule has 2 atom stereocenters. The average Bonchev–Trinajstić information content (AvgIpc) is 3.34. The molecule has 228 valence electrons. The molecule has 3 heterocycles. The van der Waals surface area contributed by atoms with Gasteiger partial charge in [0.1, 0.15) is 0 Å². The van der Waals surface area contributed by atoms with Crippen LogP contribution in [0.5, 0.6) is 5.06 Å². The lowest BCUT2D eigenvalue weighted by atomic mass is 9.87. The van der Waals surface area contributed by atoms with Crippen LogP contribution in [0.15, 0.2) is 70.9 Å². The second-order valence-corrected chi connectivity index (χ2v) is 15.3. The van der Waals surface area contributed by atoms with Crippen LogP contribution in [-0.4, -0.2) is 75.6 Å². The Morgan fingerprint density at radius 2 is 1.63 bits per heavy atom. The Morgan fingerprint density at radius 1 is 0.977 bits per heavy atom. The van der Waals surface area contributed by atoms with Crippen LogP contribution < -0.4 is 9.64 Å². The maximum atomic E-state index is 13.4. The largest absolute Gasteiger partial charge is 0.420 e. The Kier molecular flexibility index (Phi) is 8.10. The molecule has 1 saturated carbocycles. The molecule has 1 aliphatic carbocycles. The number of rotatable bonds is 7. The molecule has 0 spiro atoms. The number of thiophene rings is 1. The van der Waals surface area contributed by atoms with Crippen LogP contribution in [0.2, 0.25) is 0 Å². The van der Waals surface area contributed by atoms with Gasteiger partial charge in [-0.15, -0.1) is 11.3 Å². The first-order valence-corrected chi connectivity index (χ1v) is 16.9. The van der Waals surface area contributed by atoms with E-state index in [1.165, 1.54) is 11.3 Å². The van der Waals surface area contributed by atoms with E-state index in [2.05, 4.69) is 20.8 Å². The number of carbonyl (C=O) groups is 2. The molecule has 2 aromatic carbocycles. The van der Waals surface area contributed by atoms with Crippen LogP contribution in [0, 0.1) is 17.8 Å². The monoisotopic (exact) mass is 623 g/mol. The molecule has 2 amide bonds. The summed E-state index contributed by atoms with van der Waals surface area (Å²) in [6, 6.07) is 17.8. The van der Waals surface area contributed by atoms with Gasteiger partial charge < -0.3 is 14.4 Å². The van der Waals surface area contributed by atoms with Gasteiger partial charge in [-0.25, -0.2) is 13.2 Å². The van der Waals surface area contributed by atoms with Gasteiger partial charge in [0, 0.05) is 44.0 Å². The zero-order valence-electron chi connectivity index (χ0n) is 24.6. The Labute approximate surface area is 257 Å². The number of hydrogen-bond acceptors (Lipinski definition) is 7. The van der Waals surface area contributed by atoms with Gasteiger partial charge in [-0.05, 0) is 82.6 Å². The van der Waals surface area contributed by atoms with Crippen molar-refractivity contribution in [3.05, 3.63) is 77.2 Å². The summed E-state index contributed by atoms with van der Waals surface area (Å²) in [6.07, 6.45) is -0.497. The number of piperidine rings is 1. The number of hydrogen-bond donors (Lipinski definition) is 0. The molecule has 6 rings (SSSR count). The number of ether oxygens (including phenoxy) is 2. The summed E-state index contributed by atoms with van der Waals surface area (Å²) >= 11 is 1.34. The van der Waals surface area contributed by atoms with Crippen molar-refractivity contribution >= 4 is 39.0 Å². The minimum Gasteiger partial charge on any atom is -0.399 e. The highest BCUT2D eigenvalue weighted by atomic mass is 32.2. The lowest BCUT2D eigenvalue weighted by Crippen LogP contribution is -2.40. The number of anilines is 1. The maximum absolute atomic E-state index is 13.4. The third-order valence-corrected chi connectivity index (χ3v) is 11.3. The molecule has 3 fully saturated rings. The van der Waals surface area contributed by atoms with Gasteiger partial charge in [0.25, 0.3) is 5.91 Å². The number of fused-ring (bicyclic) bond motifs is 1. The highest BCUT2D eigenvalue weighted by Crippen LogP contribution is 2.53. The van der Waals surface area contributed by atoms with E-state index in [-0.39, 0.29) is 29.1 Å². The van der Waals surface area contributed by atoms with Crippen LogP contribution in [-0.2, 0) is 20.2 Å². The normalized spacial score (nSPS) is 22.2. The molecule has 0 radical (unpaired) electrons. The smallest absolute Gasteiger partial charge is 0.399 e. The second-order valence-electron chi connectivity index (χ2n) is 12.5. The highest BCUT2D eigenvalue weighted by molar-refractivity contribution is 7.89. The molecule has 0 N–H and O–H groups in total. The predicted molar refractivity (Wildman–Crippen MR) is 165 cm³/mol. The second kappa shape index (κ2) is 11.7. The van der Waals surface area contributed by atoms with Crippen molar-refractivity contribution in [3.8, 4) is 5.06 Å². The summed E-state index contributed by atoms with van der Waals surface area (Å²) in [5, 5.41) is 2.34. The van der Waals surface area contributed by atoms with E-state index in [0.717, 1.165) is 5.56 Å². The van der Waals surface area contributed by atoms with E-state index < -0.39 is 16.1 Å². The Morgan fingerprint density at radius 3 is 2.21 bits per heavy atom. The number of amides is 2.